The Morgan fingerprint density at radius 3 is 2.38 bits per heavy atom. The maximum atomic E-state index is 11.7. The third kappa shape index (κ3) is 5.53. The summed E-state index contributed by atoms with van der Waals surface area (Å²) < 4.78 is 5.17. The molecule has 1 amide bonds. The van der Waals surface area contributed by atoms with Gasteiger partial charge in [0, 0.05) is 6.04 Å². The quantitative estimate of drug-likeness (QED) is 0.899. The van der Waals surface area contributed by atoms with Crippen LogP contribution in [0.3, 0.4) is 0 Å². The van der Waals surface area contributed by atoms with Gasteiger partial charge in [-0.3, -0.25) is 0 Å². The van der Waals surface area contributed by atoms with Crippen molar-refractivity contribution in [2.75, 3.05) is 0 Å². The number of hydrogen-bond donors (Lipinski definition) is 1. The van der Waals surface area contributed by atoms with E-state index in [-0.39, 0.29) is 12.6 Å². The number of carbonyl (C=O) groups is 1. The van der Waals surface area contributed by atoms with Gasteiger partial charge >= 0.3 is 6.09 Å². The highest BCUT2D eigenvalue weighted by atomic mass is 16.5. The van der Waals surface area contributed by atoms with E-state index in [0.29, 0.717) is 0 Å². The molecule has 108 valence electrons. The topological polar surface area (TPSA) is 38.3 Å². The predicted octanol–water partition coefficient (Wildman–Crippen LogP) is 4.01. The van der Waals surface area contributed by atoms with Crippen molar-refractivity contribution >= 4 is 12.2 Å². The normalized spacial score (nSPS) is 12.0. The summed E-state index contributed by atoms with van der Waals surface area (Å²) >= 11 is 0. The minimum Gasteiger partial charge on any atom is -0.445 e. The molecule has 0 fully saturated rings. The van der Waals surface area contributed by atoms with Crippen LogP contribution in [0.1, 0.15) is 18.1 Å². The van der Waals surface area contributed by atoms with Crippen LogP contribution in [0.5, 0.6) is 0 Å². The Hall–Kier alpha value is -2.55. The summed E-state index contributed by atoms with van der Waals surface area (Å²) in [5, 5.41) is 2.77. The van der Waals surface area contributed by atoms with Crippen LogP contribution in [0.4, 0.5) is 4.79 Å². The molecule has 0 bridgehead atoms. The lowest BCUT2D eigenvalue weighted by atomic mass is 10.2. The molecule has 3 heteroatoms. The zero-order valence-electron chi connectivity index (χ0n) is 12.0. The molecule has 0 radical (unpaired) electrons. The lowest BCUT2D eigenvalue weighted by Gasteiger charge is -2.10. The summed E-state index contributed by atoms with van der Waals surface area (Å²) in [6.45, 7) is 2.19. The lowest BCUT2D eigenvalue weighted by molar-refractivity contribution is 0.138. The van der Waals surface area contributed by atoms with Crippen molar-refractivity contribution in [1.82, 2.24) is 5.32 Å². The molecular formula is C18H19NO2. The predicted molar refractivity (Wildman–Crippen MR) is 84.7 cm³/mol. The van der Waals surface area contributed by atoms with Crippen molar-refractivity contribution in [3.05, 3.63) is 77.9 Å². The fraction of sp³-hybridized carbons (Fsp3) is 0.167. The fourth-order valence-corrected chi connectivity index (χ4v) is 1.82. The third-order valence-corrected chi connectivity index (χ3v) is 2.94. The summed E-state index contributed by atoms with van der Waals surface area (Å²) in [7, 11) is 0. The van der Waals surface area contributed by atoms with Crippen molar-refractivity contribution in [2.45, 2.75) is 19.6 Å². The molecule has 0 saturated heterocycles. The zero-order chi connectivity index (χ0) is 14.9. The monoisotopic (exact) mass is 281 g/mol. The largest absolute Gasteiger partial charge is 0.445 e. The van der Waals surface area contributed by atoms with E-state index < -0.39 is 6.09 Å². The Labute approximate surface area is 125 Å². The lowest BCUT2D eigenvalue weighted by Crippen LogP contribution is -2.31. The number of ether oxygens (including phenoxy) is 1. The van der Waals surface area contributed by atoms with Crippen molar-refractivity contribution in [1.29, 1.82) is 0 Å². The van der Waals surface area contributed by atoms with E-state index in [1.807, 2.05) is 79.7 Å². The molecule has 0 aliphatic rings. The molecule has 0 aliphatic carbocycles. The Morgan fingerprint density at radius 2 is 1.71 bits per heavy atom. The average Bonchev–Trinajstić information content (AvgIpc) is 2.53. The minimum absolute atomic E-state index is 0.0894. The molecule has 0 aromatic heterocycles. The SMILES string of the molecule is CC(/C=C/c1ccccc1)NC(=O)OCc1ccccc1. The van der Waals surface area contributed by atoms with Crippen LogP contribution in [0.2, 0.25) is 0 Å². The van der Waals surface area contributed by atoms with Crippen molar-refractivity contribution < 1.29 is 9.53 Å². The summed E-state index contributed by atoms with van der Waals surface area (Å²) in [4.78, 5) is 11.7. The van der Waals surface area contributed by atoms with E-state index in [9.17, 15) is 4.79 Å². The van der Waals surface area contributed by atoms with Gasteiger partial charge in [-0.25, -0.2) is 4.79 Å². The standard InChI is InChI=1S/C18H19NO2/c1-15(12-13-16-8-4-2-5-9-16)19-18(20)21-14-17-10-6-3-7-11-17/h2-13,15H,14H2,1H3,(H,19,20)/b13-12+. The third-order valence-electron chi connectivity index (χ3n) is 2.94. The molecule has 2 rings (SSSR count). The molecule has 0 saturated carbocycles. The smallest absolute Gasteiger partial charge is 0.407 e. The second-order valence-electron chi connectivity index (χ2n) is 4.76. The van der Waals surface area contributed by atoms with Crippen molar-refractivity contribution in [2.24, 2.45) is 0 Å². The average molecular weight is 281 g/mol. The first-order chi connectivity index (χ1) is 10.2. The molecule has 1 unspecified atom stereocenters. The summed E-state index contributed by atoms with van der Waals surface area (Å²) in [6.07, 6.45) is 3.49. The Balaban J connectivity index is 1.76. The van der Waals surface area contributed by atoms with Crippen LogP contribution in [-0.4, -0.2) is 12.1 Å². The second-order valence-corrected chi connectivity index (χ2v) is 4.76. The molecule has 0 aliphatic heterocycles. The van der Waals surface area contributed by atoms with E-state index in [1.165, 1.54) is 0 Å². The van der Waals surface area contributed by atoms with Crippen LogP contribution in [0.25, 0.3) is 6.08 Å². The minimum atomic E-state index is -0.413. The maximum Gasteiger partial charge on any atom is 0.407 e. The number of benzene rings is 2. The van der Waals surface area contributed by atoms with E-state index in [0.717, 1.165) is 11.1 Å². The van der Waals surface area contributed by atoms with Gasteiger partial charge < -0.3 is 10.1 Å². The van der Waals surface area contributed by atoms with Gasteiger partial charge in [0.2, 0.25) is 0 Å². The number of hydrogen-bond acceptors (Lipinski definition) is 2. The van der Waals surface area contributed by atoms with Gasteiger partial charge in [0.25, 0.3) is 0 Å². The number of carbonyl (C=O) groups excluding carboxylic acids is 1. The van der Waals surface area contributed by atoms with Gasteiger partial charge in [0.05, 0.1) is 0 Å². The van der Waals surface area contributed by atoms with E-state index in [4.69, 9.17) is 4.74 Å². The molecule has 2 aromatic rings. The number of alkyl carbamates (subject to hydrolysis) is 1. The Kier molecular flexibility index (Phi) is 5.59. The molecule has 21 heavy (non-hydrogen) atoms. The maximum absolute atomic E-state index is 11.7. The van der Waals surface area contributed by atoms with Gasteiger partial charge in [0.15, 0.2) is 0 Å². The number of amides is 1. The summed E-state index contributed by atoms with van der Waals surface area (Å²) in [6, 6.07) is 19.5. The van der Waals surface area contributed by atoms with E-state index >= 15 is 0 Å². The summed E-state index contributed by atoms with van der Waals surface area (Å²) in [5.74, 6) is 0. The van der Waals surface area contributed by atoms with Crippen molar-refractivity contribution in [3.8, 4) is 0 Å². The first kappa shape index (κ1) is 14.9. The molecule has 1 N–H and O–H groups in total. The van der Waals surface area contributed by atoms with E-state index in [2.05, 4.69) is 5.32 Å². The van der Waals surface area contributed by atoms with Gasteiger partial charge in [0.1, 0.15) is 6.61 Å². The highest BCUT2D eigenvalue weighted by Crippen LogP contribution is 2.03. The van der Waals surface area contributed by atoms with Crippen LogP contribution in [0, 0.1) is 0 Å². The second kappa shape index (κ2) is 7.90. The van der Waals surface area contributed by atoms with Crippen LogP contribution in [-0.2, 0) is 11.3 Å². The van der Waals surface area contributed by atoms with Gasteiger partial charge in [-0.2, -0.15) is 0 Å². The van der Waals surface area contributed by atoms with Crippen molar-refractivity contribution in [3.63, 3.8) is 0 Å². The molecule has 0 spiro atoms. The molecule has 0 heterocycles. The number of nitrogens with one attached hydrogen (secondary N) is 1. The van der Waals surface area contributed by atoms with Crippen LogP contribution in [0.15, 0.2) is 66.7 Å². The van der Waals surface area contributed by atoms with Crippen LogP contribution >= 0.6 is 0 Å². The van der Waals surface area contributed by atoms with Gasteiger partial charge in [-0.1, -0.05) is 72.8 Å². The first-order valence-electron chi connectivity index (χ1n) is 6.94. The Bertz CT molecular complexity index is 579. The highest BCUT2D eigenvalue weighted by molar-refractivity contribution is 5.68. The Morgan fingerprint density at radius 1 is 1.10 bits per heavy atom. The summed E-state index contributed by atoms with van der Waals surface area (Å²) in [5.41, 5.74) is 2.07. The number of rotatable bonds is 5. The zero-order valence-corrected chi connectivity index (χ0v) is 12.0. The molecule has 2 aromatic carbocycles. The highest BCUT2D eigenvalue weighted by Gasteiger charge is 2.05. The molecule has 1 atom stereocenters. The van der Waals surface area contributed by atoms with Gasteiger partial charge in [-0.15, -0.1) is 0 Å². The fourth-order valence-electron chi connectivity index (χ4n) is 1.82. The molecular weight excluding hydrogens is 262 g/mol. The van der Waals surface area contributed by atoms with Crippen LogP contribution < -0.4 is 5.32 Å². The molecule has 3 nitrogen and oxygen atoms in total. The van der Waals surface area contributed by atoms with Gasteiger partial charge in [-0.05, 0) is 18.1 Å². The first-order valence-corrected chi connectivity index (χ1v) is 6.94. The van der Waals surface area contributed by atoms with E-state index in [1.54, 1.807) is 0 Å².